The fourth-order valence-corrected chi connectivity index (χ4v) is 4.57. The molecule has 1 amide bonds. The van der Waals surface area contributed by atoms with Crippen molar-refractivity contribution in [2.24, 2.45) is 0 Å². The van der Waals surface area contributed by atoms with Crippen molar-refractivity contribution in [1.82, 2.24) is 0 Å². The highest BCUT2D eigenvalue weighted by Crippen LogP contribution is 2.36. The Balaban J connectivity index is 2.01. The maximum absolute atomic E-state index is 13.8. The molecule has 0 fully saturated rings. The zero-order chi connectivity index (χ0) is 24.7. The first kappa shape index (κ1) is 25.2. The van der Waals surface area contributed by atoms with Gasteiger partial charge >= 0.3 is 0 Å². The molecule has 0 saturated carbocycles. The van der Waals surface area contributed by atoms with Gasteiger partial charge in [-0.1, -0.05) is 17.7 Å². The molecule has 0 bridgehead atoms. The average Bonchev–Trinajstić information content (AvgIpc) is 2.86. The number of anilines is 2. The second-order valence-corrected chi connectivity index (χ2v) is 8.75. The number of methoxy groups -OCH3 is 4. The SMILES string of the molecule is COc1ccc(OC)c(N(CC(=O)Nc2cccc(Cl)c2)S(=O)c2ccc(OC)c(OC)c2)c1. The monoisotopic (exact) mass is 504 g/mol. The summed E-state index contributed by atoms with van der Waals surface area (Å²) >= 11 is 6.02. The summed E-state index contributed by atoms with van der Waals surface area (Å²) in [4.78, 5) is 13.4. The third-order valence-electron chi connectivity index (χ3n) is 4.81. The van der Waals surface area contributed by atoms with Crippen LogP contribution in [0.5, 0.6) is 23.0 Å². The summed E-state index contributed by atoms with van der Waals surface area (Å²) in [6.07, 6.45) is 0. The van der Waals surface area contributed by atoms with Crippen LogP contribution in [0.15, 0.2) is 65.6 Å². The molecule has 3 rings (SSSR count). The minimum Gasteiger partial charge on any atom is -0.497 e. The zero-order valence-electron chi connectivity index (χ0n) is 19.2. The lowest BCUT2D eigenvalue weighted by atomic mass is 10.2. The molecule has 10 heteroatoms. The number of halogens is 1. The summed E-state index contributed by atoms with van der Waals surface area (Å²) in [7, 11) is 4.20. The number of rotatable bonds is 10. The molecule has 0 aliphatic carbocycles. The molecule has 3 aromatic rings. The lowest BCUT2D eigenvalue weighted by Crippen LogP contribution is -2.35. The molecule has 0 spiro atoms. The molecule has 0 aromatic heterocycles. The molecule has 0 radical (unpaired) electrons. The topological polar surface area (TPSA) is 86.3 Å². The second kappa shape index (κ2) is 11.6. The fraction of sp³-hybridized carbons (Fsp3) is 0.208. The Kier molecular flexibility index (Phi) is 8.61. The van der Waals surface area contributed by atoms with E-state index in [0.717, 1.165) is 0 Å². The van der Waals surface area contributed by atoms with Crippen molar-refractivity contribution in [2.45, 2.75) is 4.90 Å². The van der Waals surface area contributed by atoms with Gasteiger partial charge in [-0.05, 0) is 42.5 Å². The van der Waals surface area contributed by atoms with Crippen LogP contribution in [0.4, 0.5) is 11.4 Å². The van der Waals surface area contributed by atoms with Gasteiger partial charge in [0.25, 0.3) is 0 Å². The van der Waals surface area contributed by atoms with Crippen LogP contribution in [0.3, 0.4) is 0 Å². The van der Waals surface area contributed by atoms with E-state index in [-0.39, 0.29) is 6.54 Å². The number of ether oxygens (including phenoxy) is 4. The first-order chi connectivity index (χ1) is 16.4. The standard InChI is InChI=1S/C24H25ClN2O6S/c1-30-18-8-10-21(31-2)20(13-18)27(15-24(28)26-17-7-5-6-16(25)12-17)34(29)19-9-11-22(32-3)23(14-19)33-4/h5-14H,15H2,1-4H3,(H,26,28). The molecule has 3 aromatic carbocycles. The van der Waals surface area contributed by atoms with Gasteiger partial charge in [0.2, 0.25) is 5.91 Å². The first-order valence-corrected chi connectivity index (χ1v) is 11.6. The lowest BCUT2D eigenvalue weighted by Gasteiger charge is -2.25. The summed E-state index contributed by atoms with van der Waals surface area (Å²) in [5.41, 5.74) is 0.933. The minimum absolute atomic E-state index is 0.253. The Hall–Kier alpha value is -3.43. The predicted octanol–water partition coefficient (Wildman–Crippen LogP) is 4.54. The number of carbonyl (C=O) groups excluding carboxylic acids is 1. The largest absolute Gasteiger partial charge is 0.497 e. The van der Waals surface area contributed by atoms with Crippen molar-refractivity contribution in [3.05, 3.63) is 65.7 Å². The molecular weight excluding hydrogens is 480 g/mol. The van der Waals surface area contributed by atoms with Gasteiger partial charge in [0.15, 0.2) is 22.5 Å². The first-order valence-electron chi connectivity index (χ1n) is 10.1. The zero-order valence-corrected chi connectivity index (χ0v) is 20.7. The van der Waals surface area contributed by atoms with Gasteiger partial charge in [-0.15, -0.1) is 0 Å². The Morgan fingerprint density at radius 3 is 2.24 bits per heavy atom. The predicted molar refractivity (Wildman–Crippen MR) is 133 cm³/mol. The summed E-state index contributed by atoms with van der Waals surface area (Å²) < 4.78 is 36.6. The molecule has 1 atom stereocenters. The van der Waals surface area contributed by atoms with Gasteiger partial charge in [-0.25, -0.2) is 4.21 Å². The molecule has 0 heterocycles. The van der Waals surface area contributed by atoms with Crippen LogP contribution in [0.1, 0.15) is 0 Å². The molecule has 1 N–H and O–H groups in total. The van der Waals surface area contributed by atoms with Crippen molar-refractivity contribution in [1.29, 1.82) is 0 Å². The number of hydrogen-bond donors (Lipinski definition) is 1. The van der Waals surface area contributed by atoms with Crippen molar-refractivity contribution >= 4 is 39.9 Å². The van der Waals surface area contributed by atoms with Crippen LogP contribution in [0.2, 0.25) is 5.02 Å². The van der Waals surface area contributed by atoms with Crippen molar-refractivity contribution in [3.8, 4) is 23.0 Å². The summed E-state index contributed by atoms with van der Waals surface area (Å²) in [5, 5.41) is 3.26. The van der Waals surface area contributed by atoms with Gasteiger partial charge in [0.1, 0.15) is 18.0 Å². The van der Waals surface area contributed by atoms with Gasteiger partial charge in [-0.2, -0.15) is 0 Å². The molecule has 0 saturated heterocycles. The summed E-state index contributed by atoms with van der Waals surface area (Å²) in [6, 6.07) is 16.7. The highest BCUT2D eigenvalue weighted by atomic mass is 35.5. The van der Waals surface area contributed by atoms with Crippen molar-refractivity contribution in [3.63, 3.8) is 0 Å². The Labute approximate surface area is 205 Å². The van der Waals surface area contributed by atoms with Gasteiger partial charge in [-0.3, -0.25) is 9.10 Å². The molecule has 0 aliphatic rings. The van der Waals surface area contributed by atoms with Gasteiger partial charge < -0.3 is 24.3 Å². The van der Waals surface area contributed by atoms with E-state index in [1.807, 2.05) is 0 Å². The number of hydrogen-bond acceptors (Lipinski definition) is 6. The molecule has 0 aliphatic heterocycles. The van der Waals surface area contributed by atoms with E-state index in [0.29, 0.717) is 44.3 Å². The van der Waals surface area contributed by atoms with Gasteiger partial charge in [0, 0.05) is 22.8 Å². The Morgan fingerprint density at radius 2 is 1.59 bits per heavy atom. The molecule has 1 unspecified atom stereocenters. The van der Waals surface area contributed by atoms with Crippen LogP contribution >= 0.6 is 11.6 Å². The lowest BCUT2D eigenvalue weighted by molar-refractivity contribution is -0.114. The highest BCUT2D eigenvalue weighted by molar-refractivity contribution is 7.86. The second-order valence-electron chi connectivity index (χ2n) is 6.90. The number of amides is 1. The van der Waals surface area contributed by atoms with Gasteiger partial charge in [0.05, 0.1) is 39.0 Å². The third kappa shape index (κ3) is 5.92. The number of nitrogens with zero attached hydrogens (tertiary/aromatic N) is 1. The van der Waals surface area contributed by atoms with Crippen LogP contribution in [-0.2, 0) is 15.8 Å². The van der Waals surface area contributed by atoms with E-state index in [1.165, 1.54) is 32.7 Å². The maximum Gasteiger partial charge on any atom is 0.245 e. The molecule has 180 valence electrons. The fourth-order valence-electron chi connectivity index (χ4n) is 3.17. The van der Waals surface area contributed by atoms with E-state index in [1.54, 1.807) is 60.7 Å². The average molecular weight is 505 g/mol. The van der Waals surface area contributed by atoms with Crippen LogP contribution < -0.4 is 28.6 Å². The normalized spacial score (nSPS) is 11.3. The molecular formula is C24H25ClN2O6S. The van der Waals surface area contributed by atoms with E-state index >= 15 is 0 Å². The Morgan fingerprint density at radius 1 is 0.882 bits per heavy atom. The van der Waals surface area contributed by atoms with Crippen molar-refractivity contribution < 1.29 is 28.0 Å². The highest BCUT2D eigenvalue weighted by Gasteiger charge is 2.24. The Bertz CT molecular complexity index is 1190. The van der Waals surface area contributed by atoms with E-state index < -0.39 is 16.9 Å². The maximum atomic E-state index is 13.8. The van der Waals surface area contributed by atoms with Crippen LogP contribution in [0.25, 0.3) is 0 Å². The third-order valence-corrected chi connectivity index (χ3v) is 6.43. The smallest absolute Gasteiger partial charge is 0.245 e. The quantitative estimate of drug-likeness (QED) is 0.436. The number of carbonyl (C=O) groups is 1. The summed E-state index contributed by atoms with van der Waals surface area (Å²) in [5.74, 6) is 1.44. The molecule has 8 nitrogen and oxygen atoms in total. The summed E-state index contributed by atoms with van der Waals surface area (Å²) in [6.45, 7) is -0.253. The van der Waals surface area contributed by atoms with Crippen LogP contribution in [0, 0.1) is 0 Å². The molecule has 34 heavy (non-hydrogen) atoms. The van der Waals surface area contributed by atoms with E-state index in [4.69, 9.17) is 30.5 Å². The minimum atomic E-state index is -1.82. The van der Waals surface area contributed by atoms with E-state index in [9.17, 15) is 9.00 Å². The number of nitrogens with one attached hydrogen (secondary N) is 1. The van der Waals surface area contributed by atoms with Crippen molar-refractivity contribution in [2.75, 3.05) is 44.6 Å². The van der Waals surface area contributed by atoms with Crippen LogP contribution in [-0.4, -0.2) is 45.1 Å². The number of benzene rings is 3. The van der Waals surface area contributed by atoms with E-state index in [2.05, 4.69) is 5.32 Å².